The summed E-state index contributed by atoms with van der Waals surface area (Å²) in [6.45, 7) is 5.16. The van der Waals surface area contributed by atoms with Crippen LogP contribution in [0.5, 0.6) is 0 Å². The van der Waals surface area contributed by atoms with Crippen molar-refractivity contribution in [3.8, 4) is 0 Å². The molecule has 4 nitrogen and oxygen atoms in total. The first-order chi connectivity index (χ1) is 9.18. The fourth-order valence-corrected chi connectivity index (χ4v) is 4.27. The van der Waals surface area contributed by atoms with Gasteiger partial charge in [-0.2, -0.15) is 11.3 Å². The van der Waals surface area contributed by atoms with Crippen LogP contribution in [0.2, 0.25) is 0 Å². The van der Waals surface area contributed by atoms with E-state index in [-0.39, 0.29) is 30.2 Å². The number of hydrogen-bond donors (Lipinski definition) is 2. The van der Waals surface area contributed by atoms with E-state index in [0.717, 1.165) is 39.1 Å². The van der Waals surface area contributed by atoms with E-state index in [1.54, 1.807) is 11.3 Å². The number of halogens is 2. The number of aliphatic carboxylic acids is 1. The first-order valence-electron chi connectivity index (χ1n) is 6.84. The molecule has 2 N–H and O–H groups in total. The molecule has 0 bridgehead atoms. The van der Waals surface area contributed by atoms with Crippen molar-refractivity contribution in [1.29, 1.82) is 0 Å². The molecular formula is C14H22Cl2N2O2S. The third-order valence-corrected chi connectivity index (χ3v) is 5.31. The maximum absolute atomic E-state index is 10.8. The number of nitrogens with one attached hydrogen (secondary N) is 1. The molecule has 0 spiro atoms. The maximum Gasteiger partial charge on any atom is 0.303 e. The largest absolute Gasteiger partial charge is 0.481 e. The van der Waals surface area contributed by atoms with Crippen LogP contribution in [-0.4, -0.2) is 42.2 Å². The highest BCUT2D eigenvalue weighted by Crippen LogP contribution is 2.43. The van der Waals surface area contributed by atoms with Gasteiger partial charge in [-0.15, -0.1) is 24.8 Å². The lowest BCUT2D eigenvalue weighted by molar-refractivity contribution is -0.137. The predicted molar refractivity (Wildman–Crippen MR) is 89.8 cm³/mol. The van der Waals surface area contributed by atoms with E-state index >= 15 is 0 Å². The normalized spacial score (nSPS) is 27.7. The maximum atomic E-state index is 10.8. The van der Waals surface area contributed by atoms with Crippen molar-refractivity contribution in [2.45, 2.75) is 19.4 Å². The van der Waals surface area contributed by atoms with Crippen LogP contribution < -0.4 is 5.32 Å². The minimum atomic E-state index is -0.670. The highest BCUT2D eigenvalue weighted by Gasteiger charge is 2.49. The van der Waals surface area contributed by atoms with Gasteiger partial charge in [-0.25, -0.2) is 0 Å². The van der Waals surface area contributed by atoms with Crippen LogP contribution >= 0.6 is 36.2 Å². The second-order valence-corrected chi connectivity index (χ2v) is 6.67. The van der Waals surface area contributed by atoms with Gasteiger partial charge in [0.25, 0.3) is 0 Å². The van der Waals surface area contributed by atoms with Gasteiger partial charge in [0.15, 0.2) is 0 Å². The fourth-order valence-electron chi connectivity index (χ4n) is 3.61. The Hall–Kier alpha value is -0.330. The Morgan fingerprint density at radius 1 is 1.52 bits per heavy atom. The molecule has 1 aromatic heterocycles. The van der Waals surface area contributed by atoms with Crippen molar-refractivity contribution in [1.82, 2.24) is 10.2 Å². The van der Waals surface area contributed by atoms with Gasteiger partial charge in [-0.05, 0) is 41.3 Å². The molecule has 0 aromatic carbocycles. The number of nitrogens with zero attached hydrogens (tertiary/aromatic N) is 1. The van der Waals surface area contributed by atoms with E-state index in [1.165, 1.54) is 5.56 Å². The number of likely N-dealkylation sites (tertiary alicyclic amines) is 1. The molecule has 0 amide bonds. The number of carboxylic acids is 1. The Morgan fingerprint density at radius 2 is 2.33 bits per heavy atom. The monoisotopic (exact) mass is 352 g/mol. The van der Waals surface area contributed by atoms with Crippen LogP contribution in [0.25, 0.3) is 0 Å². The number of rotatable bonds is 5. The quantitative estimate of drug-likeness (QED) is 0.854. The number of fused-ring (bicyclic) bond motifs is 1. The van der Waals surface area contributed by atoms with Crippen molar-refractivity contribution < 1.29 is 9.90 Å². The molecule has 2 unspecified atom stereocenters. The van der Waals surface area contributed by atoms with Gasteiger partial charge < -0.3 is 10.4 Å². The van der Waals surface area contributed by atoms with Crippen molar-refractivity contribution in [3.63, 3.8) is 0 Å². The van der Waals surface area contributed by atoms with E-state index in [1.807, 2.05) is 0 Å². The topological polar surface area (TPSA) is 52.6 Å². The highest BCUT2D eigenvalue weighted by molar-refractivity contribution is 7.07. The second kappa shape index (κ2) is 7.79. The number of thiophene rings is 1. The second-order valence-electron chi connectivity index (χ2n) is 5.89. The zero-order chi connectivity index (χ0) is 13.3. The van der Waals surface area contributed by atoms with Gasteiger partial charge in [0, 0.05) is 38.0 Å². The fraction of sp³-hybridized carbons (Fsp3) is 0.643. The zero-order valence-electron chi connectivity index (χ0n) is 11.8. The van der Waals surface area contributed by atoms with E-state index in [2.05, 4.69) is 27.0 Å². The van der Waals surface area contributed by atoms with Crippen molar-refractivity contribution in [3.05, 3.63) is 22.4 Å². The molecule has 120 valence electrons. The van der Waals surface area contributed by atoms with Crippen molar-refractivity contribution in [2.75, 3.05) is 26.2 Å². The summed E-state index contributed by atoms with van der Waals surface area (Å²) >= 11 is 1.74. The van der Waals surface area contributed by atoms with Crippen LogP contribution in [0, 0.1) is 11.3 Å². The summed E-state index contributed by atoms with van der Waals surface area (Å²) in [5, 5.41) is 16.7. The van der Waals surface area contributed by atoms with Crippen LogP contribution in [-0.2, 0) is 11.3 Å². The van der Waals surface area contributed by atoms with E-state index in [0.29, 0.717) is 12.3 Å². The molecule has 1 aromatic rings. The Morgan fingerprint density at radius 3 is 3.00 bits per heavy atom. The minimum Gasteiger partial charge on any atom is -0.481 e. The summed E-state index contributed by atoms with van der Waals surface area (Å²) in [7, 11) is 0. The van der Waals surface area contributed by atoms with E-state index < -0.39 is 5.97 Å². The highest BCUT2D eigenvalue weighted by atomic mass is 35.5. The van der Waals surface area contributed by atoms with E-state index in [4.69, 9.17) is 5.11 Å². The van der Waals surface area contributed by atoms with Gasteiger partial charge in [0.2, 0.25) is 0 Å². The Labute approximate surface area is 141 Å². The number of carboxylic acid groups (broad SMARTS) is 1. The molecule has 0 radical (unpaired) electrons. The molecule has 0 saturated carbocycles. The molecule has 7 heteroatoms. The van der Waals surface area contributed by atoms with Crippen LogP contribution in [0.1, 0.15) is 18.4 Å². The third kappa shape index (κ3) is 4.11. The zero-order valence-corrected chi connectivity index (χ0v) is 14.2. The first kappa shape index (κ1) is 18.7. The van der Waals surface area contributed by atoms with Crippen LogP contribution in [0.3, 0.4) is 0 Å². The van der Waals surface area contributed by atoms with Crippen LogP contribution in [0.15, 0.2) is 16.8 Å². The molecule has 2 atom stereocenters. The smallest absolute Gasteiger partial charge is 0.303 e. The molecule has 3 heterocycles. The summed E-state index contributed by atoms with van der Waals surface area (Å²) in [6.07, 6.45) is 1.10. The van der Waals surface area contributed by atoms with Gasteiger partial charge in [0.05, 0.1) is 0 Å². The van der Waals surface area contributed by atoms with Gasteiger partial charge in [-0.3, -0.25) is 9.69 Å². The van der Waals surface area contributed by atoms with Gasteiger partial charge in [-0.1, -0.05) is 0 Å². The Balaban J connectivity index is 0.00000110. The SMILES string of the molecule is Cl.Cl.O=C(O)CCC12CNCC1CN(Cc1ccsc1)C2. The number of hydrogen-bond acceptors (Lipinski definition) is 4. The molecule has 2 fully saturated rings. The van der Waals surface area contributed by atoms with Crippen molar-refractivity contribution in [2.24, 2.45) is 11.3 Å². The third-order valence-electron chi connectivity index (χ3n) is 4.57. The lowest BCUT2D eigenvalue weighted by Crippen LogP contribution is -2.33. The summed E-state index contributed by atoms with van der Waals surface area (Å²) in [4.78, 5) is 13.3. The molecule has 21 heavy (non-hydrogen) atoms. The Bertz CT molecular complexity index is 458. The predicted octanol–water partition coefficient (Wildman–Crippen LogP) is 2.48. The molecule has 2 aliphatic heterocycles. The van der Waals surface area contributed by atoms with Crippen LogP contribution in [0.4, 0.5) is 0 Å². The average molecular weight is 353 g/mol. The summed E-state index contributed by atoms with van der Waals surface area (Å²) in [6, 6.07) is 2.18. The van der Waals surface area contributed by atoms with Gasteiger partial charge in [0.1, 0.15) is 0 Å². The summed E-state index contributed by atoms with van der Waals surface area (Å²) in [5.74, 6) is -0.0539. The minimum absolute atomic E-state index is 0. The molecule has 3 rings (SSSR count). The molecule has 2 aliphatic rings. The van der Waals surface area contributed by atoms with Gasteiger partial charge >= 0.3 is 5.97 Å². The lowest BCUT2D eigenvalue weighted by atomic mass is 9.77. The standard InChI is InChI=1S/C14H20N2O2S.2ClH/c17-13(18)1-3-14-9-15-5-12(14)7-16(10-14)6-11-2-4-19-8-11;;/h2,4,8,12,15H,1,3,5-7,9-10H2,(H,17,18);2*1H. The first-order valence-corrected chi connectivity index (χ1v) is 7.78. The van der Waals surface area contributed by atoms with E-state index in [9.17, 15) is 4.79 Å². The summed E-state index contributed by atoms with van der Waals surface area (Å²) < 4.78 is 0. The molecule has 0 aliphatic carbocycles. The Kier molecular flexibility index (Phi) is 6.94. The average Bonchev–Trinajstić information content (AvgIpc) is 3.02. The number of carbonyl (C=O) groups is 1. The molecule has 2 saturated heterocycles. The van der Waals surface area contributed by atoms with Crippen molar-refractivity contribution >= 4 is 42.1 Å². The molecular weight excluding hydrogens is 331 g/mol. The summed E-state index contributed by atoms with van der Waals surface area (Å²) in [5.41, 5.74) is 1.57. The lowest BCUT2D eigenvalue weighted by Gasteiger charge is -2.27.